The van der Waals surface area contributed by atoms with Crippen LogP contribution in [0.1, 0.15) is 30.5 Å². The lowest BCUT2D eigenvalue weighted by molar-refractivity contribution is -0.134. The molecule has 0 atom stereocenters. The van der Waals surface area contributed by atoms with Crippen LogP contribution in [-0.2, 0) is 20.7 Å². The van der Waals surface area contributed by atoms with E-state index in [2.05, 4.69) is 35.7 Å². The molecule has 2 aromatic rings. The minimum absolute atomic E-state index is 0.216. The molecule has 0 aliphatic heterocycles. The molecule has 33 heavy (non-hydrogen) atoms. The normalized spacial score (nSPS) is 11.0. The first-order valence-electron chi connectivity index (χ1n) is 10.7. The van der Waals surface area contributed by atoms with Crippen molar-refractivity contribution in [1.29, 1.82) is 0 Å². The first-order valence-corrected chi connectivity index (χ1v) is 10.7. The van der Waals surface area contributed by atoms with Gasteiger partial charge in [0.1, 0.15) is 6.61 Å². The molecule has 0 aliphatic rings. The summed E-state index contributed by atoms with van der Waals surface area (Å²) in [6, 6.07) is 15.6. The summed E-state index contributed by atoms with van der Waals surface area (Å²) in [5.41, 5.74) is 4.99. The topological polar surface area (TPSA) is 64.6 Å². The Kier molecular flexibility index (Phi) is 13.1. The van der Waals surface area contributed by atoms with Gasteiger partial charge < -0.3 is 9.47 Å². The van der Waals surface area contributed by atoms with Crippen LogP contribution in [0.3, 0.4) is 0 Å². The van der Waals surface area contributed by atoms with E-state index < -0.39 is 6.09 Å². The van der Waals surface area contributed by atoms with Gasteiger partial charge in [0.2, 0.25) is 0 Å². The minimum Gasteiger partial charge on any atom is -0.466 e. The Hall–Kier alpha value is -3.86. The Balaban J connectivity index is 0.000000346. The molecule has 1 N–H and O–H groups in total. The molecule has 0 spiro atoms. The van der Waals surface area contributed by atoms with Crippen molar-refractivity contribution in [3.05, 3.63) is 108 Å². The molecular weight excluding hydrogens is 414 g/mol. The van der Waals surface area contributed by atoms with Crippen molar-refractivity contribution < 1.29 is 19.1 Å². The molecular formula is C28H33NO4. The highest BCUT2D eigenvalue weighted by Gasteiger charge is 2.03. The molecule has 2 rings (SSSR count). The predicted molar refractivity (Wildman–Crippen MR) is 136 cm³/mol. The molecule has 0 bridgehead atoms. The third-order valence-electron chi connectivity index (χ3n) is 4.35. The van der Waals surface area contributed by atoms with Crippen LogP contribution in [0.15, 0.2) is 91.1 Å². The van der Waals surface area contributed by atoms with Crippen LogP contribution in [0, 0.1) is 6.92 Å². The summed E-state index contributed by atoms with van der Waals surface area (Å²) in [5.74, 6) is -0.329. The van der Waals surface area contributed by atoms with Crippen LogP contribution >= 0.6 is 0 Å². The minimum atomic E-state index is -0.468. The van der Waals surface area contributed by atoms with E-state index in [0.717, 1.165) is 28.8 Å². The number of methoxy groups -OCH3 is 1. The molecule has 2 aromatic carbocycles. The lowest BCUT2D eigenvalue weighted by atomic mass is 10.1. The molecule has 0 saturated carbocycles. The van der Waals surface area contributed by atoms with Crippen molar-refractivity contribution in [2.45, 2.75) is 27.2 Å². The summed E-state index contributed by atoms with van der Waals surface area (Å²) in [4.78, 5) is 22.4. The highest BCUT2D eigenvalue weighted by Crippen LogP contribution is 2.10. The number of anilines is 1. The molecule has 0 radical (unpaired) electrons. The van der Waals surface area contributed by atoms with Gasteiger partial charge in [0.15, 0.2) is 0 Å². The molecule has 0 fully saturated rings. The van der Waals surface area contributed by atoms with Gasteiger partial charge in [-0.2, -0.15) is 0 Å². The first kappa shape index (κ1) is 27.2. The second kappa shape index (κ2) is 15.9. The molecule has 0 aliphatic carbocycles. The van der Waals surface area contributed by atoms with E-state index in [1.54, 1.807) is 18.2 Å². The first-order chi connectivity index (χ1) is 15.9. The highest BCUT2D eigenvalue weighted by molar-refractivity contribution is 5.87. The van der Waals surface area contributed by atoms with Crippen molar-refractivity contribution in [2.75, 3.05) is 19.0 Å². The summed E-state index contributed by atoms with van der Waals surface area (Å²) in [7, 11) is 1.37. The molecule has 0 aromatic heterocycles. The number of allylic oxidation sites excluding steroid dienone is 3. The Morgan fingerprint density at radius 3 is 2.39 bits per heavy atom. The predicted octanol–water partition coefficient (Wildman–Crippen LogP) is 6.67. The highest BCUT2D eigenvalue weighted by atomic mass is 16.5. The molecule has 174 valence electrons. The maximum atomic E-state index is 11.6. The SMILES string of the molecule is C=C/C=C(\C=C/C)COC(=O)Nc1cccc(C)c1.CCc1ccc(/C=C/C(=O)OC)cc1. The van der Waals surface area contributed by atoms with Crippen LogP contribution in [0.5, 0.6) is 0 Å². The van der Waals surface area contributed by atoms with Gasteiger partial charge in [0, 0.05) is 11.8 Å². The second-order valence-corrected chi connectivity index (χ2v) is 7.00. The summed E-state index contributed by atoms with van der Waals surface area (Å²) in [5, 5.41) is 2.68. The Labute approximate surface area is 197 Å². The lowest BCUT2D eigenvalue weighted by Gasteiger charge is -2.08. The number of esters is 1. The molecule has 5 heteroatoms. The Bertz CT molecular complexity index is 985. The third-order valence-corrected chi connectivity index (χ3v) is 4.35. The van der Waals surface area contributed by atoms with Crippen molar-refractivity contribution in [3.63, 3.8) is 0 Å². The fourth-order valence-corrected chi connectivity index (χ4v) is 2.64. The number of amides is 1. The van der Waals surface area contributed by atoms with Crippen LogP contribution in [0.2, 0.25) is 0 Å². The van der Waals surface area contributed by atoms with Gasteiger partial charge in [-0.1, -0.05) is 74.2 Å². The fourth-order valence-electron chi connectivity index (χ4n) is 2.64. The number of ether oxygens (including phenoxy) is 2. The number of aryl methyl sites for hydroxylation is 2. The standard InChI is InChI=1S/C16H19NO2.C12H14O2/c1-4-7-14(8-5-2)12-19-16(18)17-15-10-6-9-13(3)11-15;1-3-10-4-6-11(7-5-10)8-9-12(13)14-2/h4-11H,1,12H2,2-3H3,(H,17,18);4-9H,3H2,1-2H3/b8-5-,14-7+;9-8+. The van der Waals surface area contributed by atoms with Crippen molar-refractivity contribution in [3.8, 4) is 0 Å². The van der Waals surface area contributed by atoms with E-state index in [4.69, 9.17) is 4.74 Å². The van der Waals surface area contributed by atoms with Crippen molar-refractivity contribution >= 4 is 23.8 Å². The number of carbonyl (C=O) groups excluding carboxylic acids is 2. The maximum absolute atomic E-state index is 11.6. The third kappa shape index (κ3) is 11.9. The molecule has 0 heterocycles. The molecule has 0 unspecified atom stereocenters. The van der Waals surface area contributed by atoms with Gasteiger partial charge in [-0.15, -0.1) is 0 Å². The van der Waals surface area contributed by atoms with Crippen LogP contribution in [-0.4, -0.2) is 25.8 Å². The Morgan fingerprint density at radius 2 is 1.82 bits per heavy atom. The van der Waals surface area contributed by atoms with Crippen LogP contribution < -0.4 is 5.32 Å². The van der Waals surface area contributed by atoms with E-state index in [1.807, 2.05) is 62.4 Å². The quantitative estimate of drug-likeness (QED) is 0.279. The zero-order chi connectivity index (χ0) is 24.5. The zero-order valence-corrected chi connectivity index (χ0v) is 19.8. The lowest BCUT2D eigenvalue weighted by Crippen LogP contribution is -2.15. The van der Waals surface area contributed by atoms with E-state index >= 15 is 0 Å². The van der Waals surface area contributed by atoms with E-state index in [9.17, 15) is 9.59 Å². The summed E-state index contributed by atoms with van der Waals surface area (Å²) in [6.07, 6.45) is 11.0. The van der Waals surface area contributed by atoms with E-state index in [-0.39, 0.29) is 12.6 Å². The van der Waals surface area contributed by atoms with Gasteiger partial charge in [-0.25, -0.2) is 9.59 Å². The van der Waals surface area contributed by atoms with Gasteiger partial charge in [0.05, 0.1) is 7.11 Å². The number of nitrogens with one attached hydrogen (secondary N) is 1. The maximum Gasteiger partial charge on any atom is 0.411 e. The van der Waals surface area contributed by atoms with E-state index in [1.165, 1.54) is 18.7 Å². The van der Waals surface area contributed by atoms with Gasteiger partial charge in [-0.05, 0) is 60.7 Å². The van der Waals surface area contributed by atoms with Gasteiger partial charge in [0.25, 0.3) is 0 Å². The smallest absolute Gasteiger partial charge is 0.411 e. The summed E-state index contributed by atoms with van der Waals surface area (Å²) < 4.78 is 9.63. The largest absolute Gasteiger partial charge is 0.466 e. The number of hydrogen-bond donors (Lipinski definition) is 1. The zero-order valence-electron chi connectivity index (χ0n) is 19.8. The summed E-state index contributed by atoms with van der Waals surface area (Å²) in [6.45, 7) is 9.82. The van der Waals surface area contributed by atoms with Gasteiger partial charge >= 0.3 is 12.1 Å². The number of carbonyl (C=O) groups is 2. The van der Waals surface area contributed by atoms with Crippen LogP contribution in [0.4, 0.5) is 10.5 Å². The second-order valence-electron chi connectivity index (χ2n) is 7.00. The molecule has 5 nitrogen and oxygen atoms in total. The van der Waals surface area contributed by atoms with Crippen molar-refractivity contribution in [2.24, 2.45) is 0 Å². The van der Waals surface area contributed by atoms with Gasteiger partial charge in [-0.3, -0.25) is 5.32 Å². The van der Waals surface area contributed by atoms with Crippen molar-refractivity contribution in [1.82, 2.24) is 0 Å². The molecule has 0 saturated heterocycles. The average molecular weight is 448 g/mol. The number of rotatable bonds is 8. The Morgan fingerprint density at radius 1 is 1.09 bits per heavy atom. The number of benzene rings is 2. The summed E-state index contributed by atoms with van der Waals surface area (Å²) >= 11 is 0. The monoisotopic (exact) mass is 447 g/mol. The van der Waals surface area contributed by atoms with E-state index in [0.29, 0.717) is 0 Å². The average Bonchev–Trinajstić information content (AvgIpc) is 2.82. The van der Waals surface area contributed by atoms with Crippen LogP contribution in [0.25, 0.3) is 6.08 Å². The number of hydrogen-bond acceptors (Lipinski definition) is 4. The molecule has 1 amide bonds. The fraction of sp³-hybridized carbons (Fsp3) is 0.214.